The van der Waals surface area contributed by atoms with Crippen molar-refractivity contribution in [3.8, 4) is 0 Å². The van der Waals surface area contributed by atoms with Crippen LogP contribution >= 0.6 is 0 Å². The Hall–Kier alpha value is -2.45. The molecule has 130 valence electrons. The Morgan fingerprint density at radius 2 is 2.08 bits per heavy atom. The van der Waals surface area contributed by atoms with Crippen molar-refractivity contribution in [1.29, 1.82) is 0 Å². The van der Waals surface area contributed by atoms with Gasteiger partial charge in [0.15, 0.2) is 5.82 Å². The molecule has 1 aliphatic heterocycles. The van der Waals surface area contributed by atoms with Crippen molar-refractivity contribution in [2.75, 3.05) is 0 Å². The third kappa shape index (κ3) is 3.90. The van der Waals surface area contributed by atoms with Crippen molar-refractivity contribution < 1.29 is 14.4 Å². The Morgan fingerprint density at radius 1 is 1.29 bits per heavy atom. The number of carbonyl (C=O) groups excluding carboxylic acids is 3. The van der Waals surface area contributed by atoms with E-state index in [2.05, 4.69) is 30.7 Å². The maximum absolute atomic E-state index is 12.0. The monoisotopic (exact) mass is 334 g/mol. The lowest BCUT2D eigenvalue weighted by Gasteiger charge is -2.24. The van der Waals surface area contributed by atoms with Crippen LogP contribution in [0.4, 0.5) is 4.79 Å². The molecule has 0 unspecified atom stereocenters. The number of nitrogens with zero attached hydrogens (tertiary/aromatic N) is 3. The lowest BCUT2D eigenvalue weighted by atomic mass is 9.95. The molecule has 1 aliphatic carbocycles. The number of hydrogen-bond donors (Lipinski definition) is 3. The number of imide groups is 1. The fraction of sp³-hybridized carbons (Fsp3) is 0.667. The zero-order valence-corrected chi connectivity index (χ0v) is 13.5. The van der Waals surface area contributed by atoms with Gasteiger partial charge in [0.05, 0.1) is 6.54 Å². The quantitative estimate of drug-likeness (QED) is 0.650. The Kier molecular flexibility index (Phi) is 5.07. The summed E-state index contributed by atoms with van der Waals surface area (Å²) in [6.07, 6.45) is 8.11. The second-order valence-electron chi connectivity index (χ2n) is 6.28. The number of carbonyl (C=O) groups is 3. The van der Waals surface area contributed by atoms with E-state index in [0.29, 0.717) is 12.6 Å². The van der Waals surface area contributed by atoms with Crippen molar-refractivity contribution in [3.63, 3.8) is 0 Å². The van der Waals surface area contributed by atoms with E-state index in [9.17, 15) is 14.4 Å². The predicted octanol–water partition coefficient (Wildman–Crippen LogP) is 0.388. The van der Waals surface area contributed by atoms with Gasteiger partial charge in [0.2, 0.25) is 5.91 Å². The molecule has 0 radical (unpaired) electrons. The molecule has 3 rings (SSSR count). The highest BCUT2D eigenvalue weighted by atomic mass is 16.2. The lowest BCUT2D eigenvalue weighted by Crippen LogP contribution is -2.32. The van der Waals surface area contributed by atoms with Crippen LogP contribution < -0.4 is 16.0 Å². The van der Waals surface area contributed by atoms with Crippen LogP contribution in [0.15, 0.2) is 6.33 Å². The topological polar surface area (TPSA) is 118 Å². The van der Waals surface area contributed by atoms with Crippen LogP contribution in [0.25, 0.3) is 0 Å². The van der Waals surface area contributed by atoms with Gasteiger partial charge < -0.3 is 15.2 Å². The van der Waals surface area contributed by atoms with Crippen molar-refractivity contribution in [1.82, 2.24) is 30.7 Å². The van der Waals surface area contributed by atoms with Crippen LogP contribution in [0.3, 0.4) is 0 Å². The molecule has 3 N–H and O–H groups in total. The molecule has 2 fully saturated rings. The molecule has 1 atom stereocenters. The van der Waals surface area contributed by atoms with Crippen LogP contribution in [-0.2, 0) is 16.1 Å². The average Bonchev–Trinajstić information content (AvgIpc) is 3.17. The highest BCUT2D eigenvalue weighted by Gasteiger charge is 2.29. The normalized spacial score (nSPS) is 21.4. The first-order valence-electron chi connectivity index (χ1n) is 8.40. The van der Waals surface area contributed by atoms with Crippen LogP contribution in [0, 0.1) is 0 Å². The number of hydrogen-bond acceptors (Lipinski definition) is 5. The third-order valence-corrected chi connectivity index (χ3v) is 4.58. The van der Waals surface area contributed by atoms with E-state index in [0.717, 1.165) is 18.7 Å². The highest BCUT2D eigenvalue weighted by Crippen LogP contribution is 2.28. The van der Waals surface area contributed by atoms with Gasteiger partial charge in [0.1, 0.15) is 12.4 Å². The molecule has 9 heteroatoms. The second-order valence-corrected chi connectivity index (χ2v) is 6.28. The Balaban J connectivity index is 1.45. The Labute approximate surface area is 139 Å². The van der Waals surface area contributed by atoms with E-state index in [-0.39, 0.29) is 24.7 Å². The smallest absolute Gasteiger partial charge is 0.322 e. The minimum atomic E-state index is -0.630. The molecule has 1 aromatic rings. The predicted molar refractivity (Wildman–Crippen MR) is 83.7 cm³/mol. The Bertz CT molecular complexity index is 622. The number of urea groups is 1. The van der Waals surface area contributed by atoms with Crippen molar-refractivity contribution in [2.24, 2.45) is 0 Å². The van der Waals surface area contributed by atoms with E-state index >= 15 is 0 Å². The molecular weight excluding hydrogens is 312 g/mol. The molecule has 1 saturated carbocycles. The summed E-state index contributed by atoms with van der Waals surface area (Å²) >= 11 is 0. The van der Waals surface area contributed by atoms with Crippen molar-refractivity contribution in [2.45, 2.75) is 63.6 Å². The summed E-state index contributed by atoms with van der Waals surface area (Å²) in [5.74, 6) is 0.189. The number of aromatic nitrogens is 3. The fourth-order valence-electron chi connectivity index (χ4n) is 3.26. The van der Waals surface area contributed by atoms with Crippen LogP contribution in [0.5, 0.6) is 0 Å². The molecule has 9 nitrogen and oxygen atoms in total. The van der Waals surface area contributed by atoms with E-state index < -0.39 is 12.1 Å². The zero-order valence-electron chi connectivity index (χ0n) is 13.5. The van der Waals surface area contributed by atoms with E-state index in [1.165, 1.54) is 19.3 Å². The SMILES string of the molecule is O=C(CC[C@@H]1NC(=O)NC1=O)NCc1nncn1C1CCCCC1. The first-order valence-corrected chi connectivity index (χ1v) is 8.40. The maximum Gasteiger partial charge on any atom is 0.322 e. The number of nitrogens with one attached hydrogen (secondary N) is 3. The van der Waals surface area contributed by atoms with Crippen LogP contribution in [0.2, 0.25) is 0 Å². The Morgan fingerprint density at radius 3 is 2.79 bits per heavy atom. The number of rotatable bonds is 6. The van der Waals surface area contributed by atoms with Gasteiger partial charge in [0.25, 0.3) is 5.91 Å². The van der Waals surface area contributed by atoms with Gasteiger partial charge in [-0.15, -0.1) is 10.2 Å². The summed E-state index contributed by atoms with van der Waals surface area (Å²) in [5.41, 5.74) is 0. The molecule has 2 heterocycles. The second kappa shape index (κ2) is 7.41. The molecule has 2 aliphatic rings. The van der Waals surface area contributed by atoms with Gasteiger partial charge in [-0.25, -0.2) is 4.79 Å². The molecule has 1 aromatic heterocycles. The van der Waals surface area contributed by atoms with Gasteiger partial charge in [-0.3, -0.25) is 14.9 Å². The minimum absolute atomic E-state index is 0.163. The first-order chi connectivity index (χ1) is 11.6. The fourth-order valence-corrected chi connectivity index (χ4v) is 3.26. The molecule has 24 heavy (non-hydrogen) atoms. The van der Waals surface area contributed by atoms with E-state index in [1.54, 1.807) is 6.33 Å². The standard InChI is InChI=1S/C15H22N6O3/c22-13(7-6-11-14(23)19-15(24)18-11)16-8-12-20-17-9-21(12)10-4-2-1-3-5-10/h9-11H,1-8H2,(H,16,22)(H2,18,19,23,24)/t11-/m0/s1. The average molecular weight is 334 g/mol. The third-order valence-electron chi connectivity index (χ3n) is 4.58. The van der Waals surface area contributed by atoms with Gasteiger partial charge in [-0.2, -0.15) is 0 Å². The first kappa shape index (κ1) is 16.4. The van der Waals surface area contributed by atoms with E-state index in [4.69, 9.17) is 0 Å². The summed E-state index contributed by atoms with van der Waals surface area (Å²) in [7, 11) is 0. The molecule has 4 amide bonds. The summed E-state index contributed by atoms with van der Waals surface area (Å²) in [6, 6.07) is -0.724. The summed E-state index contributed by atoms with van der Waals surface area (Å²) in [5, 5.41) is 15.5. The number of amides is 4. The van der Waals surface area contributed by atoms with E-state index in [1.807, 2.05) is 0 Å². The molecule has 0 bridgehead atoms. The molecule has 0 aromatic carbocycles. The lowest BCUT2D eigenvalue weighted by molar-refractivity contribution is -0.122. The van der Waals surface area contributed by atoms with Gasteiger partial charge in [0, 0.05) is 12.5 Å². The molecule has 1 saturated heterocycles. The largest absolute Gasteiger partial charge is 0.349 e. The highest BCUT2D eigenvalue weighted by molar-refractivity contribution is 6.04. The van der Waals surface area contributed by atoms with Gasteiger partial charge >= 0.3 is 6.03 Å². The van der Waals surface area contributed by atoms with Gasteiger partial charge in [-0.1, -0.05) is 19.3 Å². The van der Waals surface area contributed by atoms with Crippen molar-refractivity contribution >= 4 is 17.8 Å². The molecular formula is C15H22N6O3. The summed E-state index contributed by atoms with van der Waals surface area (Å²) in [6.45, 7) is 0.318. The van der Waals surface area contributed by atoms with Crippen molar-refractivity contribution in [3.05, 3.63) is 12.2 Å². The molecule has 0 spiro atoms. The summed E-state index contributed by atoms with van der Waals surface area (Å²) in [4.78, 5) is 34.4. The summed E-state index contributed by atoms with van der Waals surface area (Å²) < 4.78 is 2.06. The maximum atomic E-state index is 12.0. The van der Waals surface area contributed by atoms with Crippen LogP contribution in [-0.4, -0.2) is 38.7 Å². The zero-order chi connectivity index (χ0) is 16.9. The van der Waals surface area contributed by atoms with Gasteiger partial charge in [-0.05, 0) is 19.3 Å². The minimum Gasteiger partial charge on any atom is -0.349 e. The van der Waals surface area contributed by atoms with Crippen LogP contribution in [0.1, 0.15) is 56.8 Å².